The second-order valence-electron chi connectivity index (χ2n) is 4.55. The molecule has 0 unspecified atom stereocenters. The topological polar surface area (TPSA) is 0 Å². The summed E-state index contributed by atoms with van der Waals surface area (Å²) in [4.78, 5) is 0. The van der Waals surface area contributed by atoms with Gasteiger partial charge < -0.3 is 0 Å². The maximum Gasteiger partial charge on any atom is 0.126 e. The number of hydrogen-bond donors (Lipinski definition) is 0. The number of benzene rings is 1. The van der Waals surface area contributed by atoms with Gasteiger partial charge in [-0.2, -0.15) is 0 Å². The number of halogens is 1. The third kappa shape index (κ3) is 4.34. The van der Waals surface area contributed by atoms with Gasteiger partial charge in [0.05, 0.1) is 0 Å². The fourth-order valence-corrected chi connectivity index (χ4v) is 2.07. The SMILES string of the molecule is CCCCCCCCc1c(C)cccc1F. The van der Waals surface area contributed by atoms with Gasteiger partial charge in [0.25, 0.3) is 0 Å². The first-order valence-corrected chi connectivity index (χ1v) is 6.49. The van der Waals surface area contributed by atoms with E-state index in [9.17, 15) is 4.39 Å². The minimum atomic E-state index is -0.0337. The van der Waals surface area contributed by atoms with Crippen molar-refractivity contribution in [1.82, 2.24) is 0 Å². The molecule has 0 atom stereocenters. The zero-order valence-electron chi connectivity index (χ0n) is 10.6. The summed E-state index contributed by atoms with van der Waals surface area (Å²) < 4.78 is 13.5. The van der Waals surface area contributed by atoms with Crippen LogP contribution in [0, 0.1) is 12.7 Å². The fraction of sp³-hybridized carbons (Fsp3) is 0.600. The van der Waals surface area contributed by atoms with E-state index in [0.717, 1.165) is 24.0 Å². The van der Waals surface area contributed by atoms with Crippen LogP contribution in [0.15, 0.2) is 18.2 Å². The van der Waals surface area contributed by atoms with Gasteiger partial charge in [-0.3, -0.25) is 0 Å². The summed E-state index contributed by atoms with van der Waals surface area (Å²) in [5, 5.41) is 0. The van der Waals surface area contributed by atoms with Gasteiger partial charge in [0, 0.05) is 0 Å². The third-order valence-electron chi connectivity index (χ3n) is 3.13. The molecule has 0 aliphatic rings. The summed E-state index contributed by atoms with van der Waals surface area (Å²) in [5.41, 5.74) is 2.01. The molecule has 0 spiro atoms. The maximum absolute atomic E-state index is 13.5. The van der Waals surface area contributed by atoms with Crippen LogP contribution in [0.4, 0.5) is 4.39 Å². The van der Waals surface area contributed by atoms with E-state index in [1.165, 1.54) is 32.1 Å². The van der Waals surface area contributed by atoms with Gasteiger partial charge >= 0.3 is 0 Å². The zero-order chi connectivity index (χ0) is 11.8. The molecule has 0 radical (unpaired) electrons. The first kappa shape index (κ1) is 13.2. The second-order valence-corrected chi connectivity index (χ2v) is 4.55. The predicted octanol–water partition coefficient (Wildman–Crippen LogP) is 5.04. The van der Waals surface area contributed by atoms with Gasteiger partial charge in [-0.05, 0) is 37.0 Å². The van der Waals surface area contributed by atoms with Crippen LogP contribution in [0.2, 0.25) is 0 Å². The number of aryl methyl sites for hydroxylation is 1. The Morgan fingerprint density at radius 3 is 2.38 bits per heavy atom. The number of hydrogen-bond acceptors (Lipinski definition) is 0. The first-order valence-electron chi connectivity index (χ1n) is 6.49. The highest BCUT2D eigenvalue weighted by molar-refractivity contribution is 5.27. The van der Waals surface area contributed by atoms with E-state index in [-0.39, 0.29) is 5.82 Å². The molecule has 0 bridgehead atoms. The van der Waals surface area contributed by atoms with E-state index in [0.29, 0.717) is 0 Å². The van der Waals surface area contributed by atoms with Gasteiger partial charge in [0.15, 0.2) is 0 Å². The van der Waals surface area contributed by atoms with Crippen LogP contribution >= 0.6 is 0 Å². The van der Waals surface area contributed by atoms with Crippen molar-refractivity contribution in [3.63, 3.8) is 0 Å². The quantitative estimate of drug-likeness (QED) is 0.567. The van der Waals surface area contributed by atoms with Crippen molar-refractivity contribution < 1.29 is 4.39 Å². The number of unbranched alkanes of at least 4 members (excludes halogenated alkanes) is 5. The minimum absolute atomic E-state index is 0.0337. The zero-order valence-corrected chi connectivity index (χ0v) is 10.6. The summed E-state index contributed by atoms with van der Waals surface area (Å²) in [6, 6.07) is 5.35. The van der Waals surface area contributed by atoms with Crippen molar-refractivity contribution in [1.29, 1.82) is 0 Å². The van der Waals surface area contributed by atoms with Gasteiger partial charge in [0.2, 0.25) is 0 Å². The van der Waals surface area contributed by atoms with Gasteiger partial charge in [-0.15, -0.1) is 0 Å². The minimum Gasteiger partial charge on any atom is -0.207 e. The second kappa shape index (κ2) is 7.43. The summed E-state index contributed by atoms with van der Waals surface area (Å²) in [6.45, 7) is 4.22. The van der Waals surface area contributed by atoms with Gasteiger partial charge in [-0.1, -0.05) is 51.2 Å². The Labute approximate surface area is 98.9 Å². The molecule has 0 amide bonds. The largest absolute Gasteiger partial charge is 0.207 e. The van der Waals surface area contributed by atoms with Crippen LogP contribution in [0.3, 0.4) is 0 Å². The molecule has 0 saturated heterocycles. The lowest BCUT2D eigenvalue weighted by atomic mass is 10.0. The first-order chi connectivity index (χ1) is 7.75. The van der Waals surface area contributed by atoms with Crippen LogP contribution in [0.1, 0.15) is 56.6 Å². The molecule has 1 heteroatoms. The van der Waals surface area contributed by atoms with Gasteiger partial charge in [-0.25, -0.2) is 4.39 Å². The molecular formula is C15H23F. The molecule has 0 heterocycles. The predicted molar refractivity (Wildman–Crippen MR) is 68.2 cm³/mol. The van der Waals surface area contributed by atoms with Crippen LogP contribution in [-0.4, -0.2) is 0 Å². The van der Waals surface area contributed by atoms with E-state index in [4.69, 9.17) is 0 Å². The van der Waals surface area contributed by atoms with Crippen molar-refractivity contribution in [2.45, 2.75) is 58.8 Å². The lowest BCUT2D eigenvalue weighted by Crippen LogP contribution is -1.94. The molecule has 0 saturated carbocycles. The lowest BCUT2D eigenvalue weighted by Gasteiger charge is -2.06. The summed E-state index contributed by atoms with van der Waals surface area (Å²) in [5.74, 6) is -0.0337. The summed E-state index contributed by atoms with van der Waals surface area (Å²) >= 11 is 0. The molecule has 0 nitrogen and oxygen atoms in total. The molecule has 1 aromatic carbocycles. The van der Waals surface area contributed by atoms with E-state index in [1.807, 2.05) is 13.0 Å². The monoisotopic (exact) mass is 222 g/mol. The van der Waals surface area contributed by atoms with Crippen molar-refractivity contribution >= 4 is 0 Å². The highest BCUT2D eigenvalue weighted by Gasteiger charge is 2.04. The molecule has 0 N–H and O–H groups in total. The Kier molecular flexibility index (Phi) is 6.14. The third-order valence-corrected chi connectivity index (χ3v) is 3.13. The molecule has 0 aromatic heterocycles. The van der Waals surface area contributed by atoms with Gasteiger partial charge in [0.1, 0.15) is 5.82 Å². The Hall–Kier alpha value is -0.850. The fourth-order valence-electron chi connectivity index (χ4n) is 2.07. The number of rotatable bonds is 7. The lowest BCUT2D eigenvalue weighted by molar-refractivity contribution is 0.578. The van der Waals surface area contributed by atoms with Crippen LogP contribution in [-0.2, 0) is 6.42 Å². The average Bonchev–Trinajstić information content (AvgIpc) is 2.26. The smallest absolute Gasteiger partial charge is 0.126 e. The Morgan fingerprint density at radius 1 is 1.00 bits per heavy atom. The van der Waals surface area contributed by atoms with E-state index in [2.05, 4.69) is 6.92 Å². The van der Waals surface area contributed by atoms with Crippen LogP contribution in [0.25, 0.3) is 0 Å². The maximum atomic E-state index is 13.5. The van der Waals surface area contributed by atoms with Crippen molar-refractivity contribution in [3.05, 3.63) is 35.1 Å². The average molecular weight is 222 g/mol. The molecule has 16 heavy (non-hydrogen) atoms. The highest BCUT2D eigenvalue weighted by atomic mass is 19.1. The van der Waals surface area contributed by atoms with Crippen molar-refractivity contribution in [2.24, 2.45) is 0 Å². The molecule has 0 fully saturated rings. The van der Waals surface area contributed by atoms with E-state index >= 15 is 0 Å². The van der Waals surface area contributed by atoms with Crippen molar-refractivity contribution in [2.75, 3.05) is 0 Å². The van der Waals surface area contributed by atoms with Crippen LogP contribution in [0.5, 0.6) is 0 Å². The standard InChI is InChI=1S/C15H23F/c1-3-4-5-6-7-8-11-14-13(2)10-9-12-15(14)16/h9-10,12H,3-8,11H2,1-2H3. The Balaban J connectivity index is 2.26. The molecule has 1 rings (SSSR count). The summed E-state index contributed by atoms with van der Waals surface area (Å²) in [6.07, 6.45) is 8.48. The van der Waals surface area contributed by atoms with E-state index < -0.39 is 0 Å². The molecule has 90 valence electrons. The Bertz CT molecular complexity index is 284. The molecule has 1 aromatic rings. The van der Waals surface area contributed by atoms with E-state index in [1.54, 1.807) is 12.1 Å². The molecular weight excluding hydrogens is 199 g/mol. The normalized spacial score (nSPS) is 10.7. The molecule has 0 aliphatic heterocycles. The van der Waals surface area contributed by atoms with Crippen molar-refractivity contribution in [3.8, 4) is 0 Å². The summed E-state index contributed by atoms with van der Waals surface area (Å²) in [7, 11) is 0. The Morgan fingerprint density at radius 2 is 1.69 bits per heavy atom. The van der Waals surface area contributed by atoms with Crippen LogP contribution < -0.4 is 0 Å². The highest BCUT2D eigenvalue weighted by Crippen LogP contribution is 2.16. The molecule has 0 aliphatic carbocycles.